The number of benzene rings is 2. The van der Waals surface area contributed by atoms with Gasteiger partial charge in [0.05, 0.1) is 29.6 Å². The third kappa shape index (κ3) is 9.01. The Morgan fingerprint density at radius 2 is 1.62 bits per heavy atom. The second kappa shape index (κ2) is 18.0. The minimum absolute atomic E-state index is 0.00708. The van der Waals surface area contributed by atoms with E-state index in [4.69, 9.17) is 33.9 Å². The van der Waals surface area contributed by atoms with E-state index >= 15 is 8.78 Å². The number of ether oxygens (including phenoxy) is 4. The summed E-state index contributed by atoms with van der Waals surface area (Å²) in [6, 6.07) is 6.42. The predicted molar refractivity (Wildman–Crippen MR) is 251 cm³/mol. The highest BCUT2D eigenvalue weighted by Crippen LogP contribution is 2.48. The molecule has 0 radical (unpaired) electrons. The van der Waals surface area contributed by atoms with Crippen LogP contribution in [0.3, 0.4) is 0 Å². The second-order valence-corrected chi connectivity index (χ2v) is 26.2. The number of carbonyl (C=O) groups is 1. The highest BCUT2D eigenvalue weighted by atomic mass is 28.3. The molecule has 2 aromatic heterocycles. The normalized spacial score (nSPS) is 19.9. The van der Waals surface area contributed by atoms with Gasteiger partial charge in [0.2, 0.25) is 0 Å². The number of aromatic nitrogens is 3. The van der Waals surface area contributed by atoms with Gasteiger partial charge in [0, 0.05) is 49.3 Å². The summed E-state index contributed by atoms with van der Waals surface area (Å²) in [5.74, 6) is 3.09. The Morgan fingerprint density at radius 1 is 0.953 bits per heavy atom. The highest BCUT2D eigenvalue weighted by Gasteiger charge is 2.47. The van der Waals surface area contributed by atoms with E-state index in [-0.39, 0.29) is 53.2 Å². The van der Waals surface area contributed by atoms with Crippen LogP contribution in [0.25, 0.3) is 32.9 Å². The van der Waals surface area contributed by atoms with Gasteiger partial charge >= 0.3 is 12.1 Å². The van der Waals surface area contributed by atoms with Crippen molar-refractivity contribution in [2.24, 2.45) is 5.41 Å². The number of pyridine rings is 1. The maximum absolute atomic E-state index is 17.9. The predicted octanol–water partition coefficient (Wildman–Crippen LogP) is 10.5. The molecule has 344 valence electrons. The largest absolute Gasteiger partial charge is 0.468 e. The first kappa shape index (κ1) is 46.0. The zero-order chi connectivity index (χ0) is 45.7. The lowest BCUT2D eigenvalue weighted by molar-refractivity contribution is 0.0122. The number of halogens is 2. The molecular formula is C50H66F2N6O5Si. The van der Waals surface area contributed by atoms with E-state index in [1.165, 1.54) is 26.0 Å². The standard InChI is InChI=1S/C50H66F2N6O5Si/c1-31(2)64(32(3)4,33(5)6)22-17-38-41(51)16-13-34-23-37(62-30-60-10)24-39(42(34)38)44-43(52)45-40(25-53-44)46(55-47(54-45)61-29-50(18-19-50)28-56-20-11-12-21-56)57-26-35-14-15-36(27-57)58(35)48(59)63-49(7,8)9/h13,16,23-25,31-33,35-36H,11-12,14-15,18-21,26-30H2,1-10H3/t35-,36+. The van der Waals surface area contributed by atoms with Crippen LogP contribution >= 0.6 is 0 Å². The van der Waals surface area contributed by atoms with Crippen LogP contribution in [0.1, 0.15) is 106 Å². The number of anilines is 1. The van der Waals surface area contributed by atoms with Gasteiger partial charge in [-0.05, 0) is 113 Å². The monoisotopic (exact) mass is 896 g/mol. The molecule has 14 heteroatoms. The number of nitrogens with zero attached hydrogens (tertiary/aromatic N) is 6. The van der Waals surface area contributed by atoms with Gasteiger partial charge in [-0.25, -0.2) is 13.6 Å². The molecule has 1 saturated carbocycles. The molecule has 0 unspecified atom stereocenters. The van der Waals surface area contributed by atoms with Crippen LogP contribution in [0.2, 0.25) is 16.6 Å². The van der Waals surface area contributed by atoms with E-state index in [2.05, 4.69) is 62.8 Å². The van der Waals surface area contributed by atoms with Gasteiger partial charge in [0.25, 0.3) is 0 Å². The van der Waals surface area contributed by atoms with Crippen LogP contribution in [-0.2, 0) is 9.47 Å². The number of carbonyl (C=O) groups excluding carboxylic acids is 1. The molecule has 3 aliphatic heterocycles. The summed E-state index contributed by atoms with van der Waals surface area (Å²) in [6.07, 6.45) is 7.43. The van der Waals surface area contributed by atoms with E-state index in [9.17, 15) is 4.79 Å². The average Bonchev–Trinajstić information content (AvgIpc) is 3.69. The van der Waals surface area contributed by atoms with Crippen LogP contribution in [0.15, 0.2) is 30.5 Å². The third-order valence-corrected chi connectivity index (χ3v) is 20.5. The van der Waals surface area contributed by atoms with Crippen molar-refractivity contribution in [1.82, 2.24) is 24.8 Å². The Balaban J connectivity index is 1.27. The fraction of sp³-hybridized carbons (Fsp3) is 0.600. The Kier molecular flexibility index (Phi) is 12.9. The number of hydrogen-bond donors (Lipinski definition) is 0. The Morgan fingerprint density at radius 3 is 2.23 bits per heavy atom. The van der Waals surface area contributed by atoms with Crippen molar-refractivity contribution in [3.63, 3.8) is 0 Å². The number of rotatable bonds is 13. The number of hydrogen-bond acceptors (Lipinski definition) is 10. The molecule has 4 fully saturated rings. The molecule has 1 amide bonds. The highest BCUT2D eigenvalue weighted by molar-refractivity contribution is 6.90. The lowest BCUT2D eigenvalue weighted by Crippen LogP contribution is -2.57. The molecule has 4 aliphatic rings. The Labute approximate surface area is 378 Å². The SMILES string of the molecule is COCOc1cc(-c2ncc3c(N4C[C@H]5CC[C@@H](C4)N5C(=O)OC(C)(C)C)nc(OCC4(CN5CCCC5)CC4)nc3c2F)c2c(C#C[Si](C(C)C)(C(C)C)C(C)C)c(F)ccc2c1. The fourth-order valence-corrected chi connectivity index (χ4v) is 16.1. The molecule has 0 N–H and O–H groups in total. The maximum atomic E-state index is 17.9. The summed E-state index contributed by atoms with van der Waals surface area (Å²) in [7, 11) is -0.774. The summed E-state index contributed by atoms with van der Waals surface area (Å²) in [4.78, 5) is 34.6. The van der Waals surface area contributed by atoms with Gasteiger partial charge in [-0.3, -0.25) is 9.88 Å². The van der Waals surface area contributed by atoms with Crippen LogP contribution < -0.4 is 14.4 Å². The minimum atomic E-state index is -2.30. The van der Waals surface area contributed by atoms with Crippen molar-refractivity contribution in [2.45, 2.75) is 135 Å². The minimum Gasteiger partial charge on any atom is -0.468 e. The van der Waals surface area contributed by atoms with Gasteiger partial charge in [-0.2, -0.15) is 9.97 Å². The van der Waals surface area contributed by atoms with Gasteiger partial charge in [-0.15, -0.1) is 5.54 Å². The number of fused-ring (bicyclic) bond motifs is 4. The van der Waals surface area contributed by atoms with E-state index in [1.54, 1.807) is 24.4 Å². The van der Waals surface area contributed by atoms with E-state index in [1.807, 2.05) is 25.7 Å². The van der Waals surface area contributed by atoms with Gasteiger partial charge in [0.1, 0.15) is 42.3 Å². The third-order valence-electron chi connectivity index (χ3n) is 14.2. The van der Waals surface area contributed by atoms with Crippen LogP contribution in [0, 0.1) is 28.5 Å². The molecule has 3 saturated heterocycles. The molecular weight excluding hydrogens is 831 g/mol. The summed E-state index contributed by atoms with van der Waals surface area (Å²) in [5, 5.41) is 1.49. The van der Waals surface area contributed by atoms with E-state index in [0.717, 1.165) is 45.3 Å². The lowest BCUT2D eigenvalue weighted by atomic mass is 9.95. The van der Waals surface area contributed by atoms with Crippen molar-refractivity contribution < 1.29 is 32.5 Å². The van der Waals surface area contributed by atoms with Crippen molar-refractivity contribution >= 4 is 41.7 Å². The Hall–Kier alpha value is -4.58. The molecule has 8 rings (SSSR count). The van der Waals surface area contributed by atoms with Crippen molar-refractivity contribution in [3.8, 4) is 34.5 Å². The number of piperazine rings is 1. The number of methoxy groups -OCH3 is 1. The van der Waals surface area contributed by atoms with E-state index in [0.29, 0.717) is 69.6 Å². The zero-order valence-corrected chi connectivity index (χ0v) is 40.4. The quantitative estimate of drug-likeness (QED) is 0.0732. The molecule has 2 aromatic carbocycles. The average molecular weight is 897 g/mol. The summed E-state index contributed by atoms with van der Waals surface area (Å²) >= 11 is 0. The number of amides is 1. The lowest BCUT2D eigenvalue weighted by Gasteiger charge is -2.42. The molecule has 4 aromatic rings. The van der Waals surface area contributed by atoms with Crippen molar-refractivity contribution in [1.29, 1.82) is 0 Å². The first-order valence-corrected chi connectivity index (χ1v) is 25.6. The van der Waals surface area contributed by atoms with Crippen molar-refractivity contribution in [2.75, 3.05) is 58.1 Å². The summed E-state index contributed by atoms with van der Waals surface area (Å²) in [5.41, 5.74) is 4.59. The number of likely N-dealkylation sites (tertiary alicyclic amines) is 1. The van der Waals surface area contributed by atoms with Gasteiger partial charge in [0.15, 0.2) is 12.6 Å². The summed E-state index contributed by atoms with van der Waals surface area (Å²) in [6.45, 7) is 23.4. The molecule has 2 bridgehead atoms. The first-order valence-electron chi connectivity index (χ1n) is 23.3. The molecule has 64 heavy (non-hydrogen) atoms. The summed E-state index contributed by atoms with van der Waals surface area (Å²) < 4.78 is 57.8. The maximum Gasteiger partial charge on any atom is 0.410 e. The zero-order valence-electron chi connectivity index (χ0n) is 39.4. The fourth-order valence-electron chi connectivity index (χ4n) is 10.9. The topological polar surface area (TPSA) is 102 Å². The molecule has 0 spiro atoms. The van der Waals surface area contributed by atoms with Crippen molar-refractivity contribution in [3.05, 3.63) is 47.7 Å². The van der Waals surface area contributed by atoms with Crippen LogP contribution in [-0.4, -0.2) is 110 Å². The first-order chi connectivity index (χ1) is 30.4. The second-order valence-electron chi connectivity index (χ2n) is 20.7. The molecule has 2 atom stereocenters. The van der Waals surface area contributed by atoms with Gasteiger partial charge < -0.3 is 28.7 Å². The van der Waals surface area contributed by atoms with Gasteiger partial charge in [-0.1, -0.05) is 53.5 Å². The molecule has 11 nitrogen and oxygen atoms in total. The molecule has 5 heterocycles. The van der Waals surface area contributed by atoms with Crippen LogP contribution in [0.4, 0.5) is 19.4 Å². The van der Waals surface area contributed by atoms with E-state index < -0.39 is 25.3 Å². The smallest absolute Gasteiger partial charge is 0.410 e. The Bertz CT molecular complexity index is 2420. The van der Waals surface area contributed by atoms with Crippen LogP contribution in [0.5, 0.6) is 11.8 Å². The molecule has 1 aliphatic carbocycles.